The van der Waals surface area contributed by atoms with Gasteiger partial charge in [0.2, 0.25) is 0 Å². The van der Waals surface area contributed by atoms with E-state index in [2.05, 4.69) is 16.9 Å². The number of hydrogen-bond donors (Lipinski definition) is 1. The molecule has 0 bridgehead atoms. The standard InChI is InChI=1S/C35H54FN3O4/c1-6-7-8-9-10-11-12-13-14-15-16-17-18-19-20-21-30(40)42-29-23-26(2)22-27(3)32(29)35(4,5)24-31(41)43-34-38-25-28(36)33(37)39-34/h22-23,25H,6-21,24H2,1-5H3,(H2,37,38,39). The van der Waals surface area contributed by atoms with Crippen LogP contribution < -0.4 is 15.2 Å². The fourth-order valence-corrected chi connectivity index (χ4v) is 5.69. The van der Waals surface area contributed by atoms with E-state index in [4.69, 9.17) is 15.2 Å². The molecule has 240 valence electrons. The Bertz CT molecular complexity index is 1150. The summed E-state index contributed by atoms with van der Waals surface area (Å²) >= 11 is 0. The van der Waals surface area contributed by atoms with E-state index in [1.54, 1.807) is 0 Å². The highest BCUT2D eigenvalue weighted by Gasteiger charge is 2.31. The monoisotopic (exact) mass is 599 g/mol. The van der Waals surface area contributed by atoms with Crippen molar-refractivity contribution in [1.82, 2.24) is 9.97 Å². The van der Waals surface area contributed by atoms with Crippen LogP contribution in [0.2, 0.25) is 0 Å². The number of anilines is 1. The molecular formula is C35H54FN3O4. The number of carbonyl (C=O) groups is 2. The molecule has 0 amide bonds. The van der Waals surface area contributed by atoms with Gasteiger partial charge in [-0.05, 0) is 37.5 Å². The molecule has 0 saturated carbocycles. The number of aromatic nitrogens is 2. The first kappa shape index (κ1) is 36.2. The van der Waals surface area contributed by atoms with Crippen molar-refractivity contribution in [2.24, 2.45) is 0 Å². The lowest BCUT2D eigenvalue weighted by atomic mass is 9.78. The SMILES string of the molecule is CCCCCCCCCCCCCCCCCC(=O)Oc1cc(C)cc(C)c1C(C)(C)CC(=O)Oc1ncc(F)c(N)n1. The van der Waals surface area contributed by atoms with Gasteiger partial charge < -0.3 is 15.2 Å². The van der Waals surface area contributed by atoms with Crippen LogP contribution in [0.3, 0.4) is 0 Å². The second-order valence-corrected chi connectivity index (χ2v) is 12.5. The van der Waals surface area contributed by atoms with Crippen molar-refractivity contribution in [3.05, 3.63) is 40.8 Å². The zero-order chi connectivity index (χ0) is 31.7. The van der Waals surface area contributed by atoms with Gasteiger partial charge >= 0.3 is 17.9 Å². The molecule has 0 aliphatic heterocycles. The highest BCUT2D eigenvalue weighted by atomic mass is 19.1. The van der Waals surface area contributed by atoms with Crippen LogP contribution in [0.5, 0.6) is 11.8 Å². The minimum Gasteiger partial charge on any atom is -0.426 e. The maximum Gasteiger partial charge on any atom is 0.326 e. The number of esters is 2. The van der Waals surface area contributed by atoms with Crippen LogP contribution in [-0.2, 0) is 15.0 Å². The molecular weight excluding hydrogens is 545 g/mol. The maximum absolute atomic E-state index is 13.4. The molecule has 0 fully saturated rings. The Balaban J connectivity index is 1.75. The lowest BCUT2D eigenvalue weighted by Crippen LogP contribution is -2.27. The summed E-state index contributed by atoms with van der Waals surface area (Å²) < 4.78 is 24.4. The summed E-state index contributed by atoms with van der Waals surface area (Å²) in [4.78, 5) is 32.9. The number of aryl methyl sites for hydroxylation is 2. The number of nitrogens with zero attached hydrogens (tertiary/aromatic N) is 2. The van der Waals surface area contributed by atoms with Crippen LogP contribution in [0.4, 0.5) is 10.2 Å². The van der Waals surface area contributed by atoms with E-state index >= 15 is 0 Å². The van der Waals surface area contributed by atoms with Crippen LogP contribution in [0.1, 0.15) is 147 Å². The van der Waals surface area contributed by atoms with Gasteiger partial charge in [0.25, 0.3) is 0 Å². The Morgan fingerprint density at radius 2 is 1.35 bits per heavy atom. The number of nitrogens with two attached hydrogens (primary N) is 1. The Hall–Kier alpha value is -3.03. The van der Waals surface area contributed by atoms with Gasteiger partial charge in [0, 0.05) is 17.4 Å². The van der Waals surface area contributed by atoms with Gasteiger partial charge in [0.15, 0.2) is 11.6 Å². The van der Waals surface area contributed by atoms with E-state index in [1.807, 2.05) is 39.8 Å². The summed E-state index contributed by atoms with van der Waals surface area (Å²) in [6, 6.07) is 3.53. The predicted octanol–water partition coefficient (Wildman–Crippen LogP) is 9.25. The highest BCUT2D eigenvalue weighted by Crippen LogP contribution is 2.38. The third kappa shape index (κ3) is 13.9. The minimum absolute atomic E-state index is 0.0405. The number of carbonyl (C=O) groups excluding carboxylic acids is 2. The van der Waals surface area contributed by atoms with Crippen molar-refractivity contribution >= 4 is 17.8 Å². The molecule has 0 unspecified atom stereocenters. The van der Waals surface area contributed by atoms with Crippen LogP contribution in [0.15, 0.2) is 18.3 Å². The molecule has 43 heavy (non-hydrogen) atoms. The van der Waals surface area contributed by atoms with E-state index in [-0.39, 0.29) is 18.4 Å². The van der Waals surface area contributed by atoms with Crippen molar-refractivity contribution < 1.29 is 23.5 Å². The first-order chi connectivity index (χ1) is 20.5. The Morgan fingerprint density at radius 1 is 0.814 bits per heavy atom. The van der Waals surface area contributed by atoms with Gasteiger partial charge in [-0.2, -0.15) is 4.98 Å². The van der Waals surface area contributed by atoms with Gasteiger partial charge in [-0.25, -0.2) is 9.37 Å². The summed E-state index contributed by atoms with van der Waals surface area (Å²) in [6.07, 6.45) is 20.2. The second kappa shape index (κ2) is 19.3. The van der Waals surface area contributed by atoms with Crippen molar-refractivity contribution in [1.29, 1.82) is 0 Å². The fourth-order valence-electron chi connectivity index (χ4n) is 5.69. The molecule has 0 radical (unpaired) electrons. The minimum atomic E-state index is -0.786. The van der Waals surface area contributed by atoms with Crippen LogP contribution in [0.25, 0.3) is 0 Å². The molecule has 1 aromatic carbocycles. The van der Waals surface area contributed by atoms with Gasteiger partial charge in [0.05, 0.1) is 12.6 Å². The Labute approximate surface area is 258 Å². The third-order valence-electron chi connectivity index (χ3n) is 7.87. The summed E-state index contributed by atoms with van der Waals surface area (Å²) in [5.41, 5.74) is 7.36. The normalized spacial score (nSPS) is 11.5. The van der Waals surface area contributed by atoms with Crippen molar-refractivity contribution in [3.8, 4) is 11.8 Å². The third-order valence-corrected chi connectivity index (χ3v) is 7.87. The van der Waals surface area contributed by atoms with Gasteiger partial charge in [-0.1, -0.05) is 117 Å². The van der Waals surface area contributed by atoms with Crippen LogP contribution >= 0.6 is 0 Å². The van der Waals surface area contributed by atoms with Crippen molar-refractivity contribution in [2.75, 3.05) is 5.73 Å². The molecule has 1 heterocycles. The van der Waals surface area contributed by atoms with Crippen LogP contribution in [0, 0.1) is 19.7 Å². The summed E-state index contributed by atoms with van der Waals surface area (Å²) in [5.74, 6) is -1.59. The second-order valence-electron chi connectivity index (χ2n) is 12.5. The Kier molecular flexibility index (Phi) is 16.2. The number of halogens is 1. The van der Waals surface area contributed by atoms with E-state index in [9.17, 15) is 14.0 Å². The summed E-state index contributed by atoms with van der Waals surface area (Å²) in [6.45, 7) is 9.92. The molecule has 7 nitrogen and oxygen atoms in total. The van der Waals surface area contributed by atoms with Gasteiger partial charge in [-0.3, -0.25) is 9.59 Å². The van der Waals surface area contributed by atoms with Crippen LogP contribution in [-0.4, -0.2) is 21.9 Å². The van der Waals surface area contributed by atoms with Gasteiger partial charge in [0.1, 0.15) is 5.75 Å². The topological polar surface area (TPSA) is 104 Å². The average Bonchev–Trinajstić information content (AvgIpc) is 2.92. The largest absolute Gasteiger partial charge is 0.426 e. The molecule has 0 aliphatic carbocycles. The number of ether oxygens (including phenoxy) is 2. The summed E-state index contributed by atoms with van der Waals surface area (Å²) in [5, 5.41) is 0. The summed E-state index contributed by atoms with van der Waals surface area (Å²) in [7, 11) is 0. The number of hydrogen-bond acceptors (Lipinski definition) is 7. The van der Waals surface area contributed by atoms with Crippen molar-refractivity contribution in [2.45, 2.75) is 149 Å². The molecule has 1 aromatic heterocycles. The molecule has 0 saturated heterocycles. The fraction of sp³-hybridized carbons (Fsp3) is 0.657. The molecule has 2 rings (SSSR count). The first-order valence-electron chi connectivity index (χ1n) is 16.3. The number of unbranched alkanes of at least 4 members (excludes halogenated alkanes) is 14. The maximum atomic E-state index is 13.4. The van der Waals surface area contributed by atoms with E-state index in [0.29, 0.717) is 12.2 Å². The number of benzene rings is 1. The molecule has 2 N–H and O–H groups in total. The zero-order valence-electron chi connectivity index (χ0n) is 27.2. The lowest BCUT2D eigenvalue weighted by Gasteiger charge is -2.28. The average molecular weight is 600 g/mol. The number of nitrogen functional groups attached to an aromatic ring is 1. The molecule has 8 heteroatoms. The smallest absolute Gasteiger partial charge is 0.326 e. The quantitative estimate of drug-likeness (QED) is 0.0866. The molecule has 2 aromatic rings. The molecule has 0 aliphatic rings. The van der Waals surface area contributed by atoms with E-state index < -0.39 is 23.0 Å². The van der Waals surface area contributed by atoms with Gasteiger partial charge in [-0.15, -0.1) is 0 Å². The lowest BCUT2D eigenvalue weighted by molar-refractivity contribution is -0.136. The van der Waals surface area contributed by atoms with Crippen molar-refractivity contribution in [3.63, 3.8) is 0 Å². The Morgan fingerprint density at radius 3 is 1.88 bits per heavy atom. The first-order valence-corrected chi connectivity index (χ1v) is 16.3. The van der Waals surface area contributed by atoms with E-state index in [0.717, 1.165) is 42.1 Å². The molecule has 0 spiro atoms. The molecule has 0 atom stereocenters. The number of rotatable bonds is 21. The highest BCUT2D eigenvalue weighted by molar-refractivity contribution is 5.75. The zero-order valence-corrected chi connectivity index (χ0v) is 27.2. The van der Waals surface area contributed by atoms with E-state index in [1.165, 1.54) is 77.0 Å². The predicted molar refractivity (Wildman–Crippen MR) is 171 cm³/mol.